The smallest absolute Gasteiger partial charge is 0.337 e. The van der Waals surface area contributed by atoms with Crippen LogP contribution in [0.4, 0.5) is 5.69 Å². The molecular weight excluding hydrogens is 448 g/mol. The quantitative estimate of drug-likeness (QED) is 0.384. The van der Waals surface area contributed by atoms with Crippen molar-refractivity contribution in [2.75, 3.05) is 11.5 Å². The third-order valence-corrected chi connectivity index (χ3v) is 4.77. The summed E-state index contributed by atoms with van der Waals surface area (Å²) >= 11 is 3.38. The summed E-state index contributed by atoms with van der Waals surface area (Å²) in [7, 11) is 0. The fourth-order valence-electron chi connectivity index (χ4n) is 2.78. The summed E-state index contributed by atoms with van der Waals surface area (Å²) in [5, 5.41) is 13.4. The van der Waals surface area contributed by atoms with Crippen LogP contribution < -0.4 is 4.90 Å². The van der Waals surface area contributed by atoms with E-state index >= 15 is 0 Å². The van der Waals surface area contributed by atoms with Gasteiger partial charge in [-0.1, -0.05) is 75.7 Å². The molecule has 0 aliphatic rings. The standard InChI is InChI=1S/C23H19BrN2O4/c24-19-12-10-18(11-13-19)15-26(21-9-5-4-8-20(21)23(28)29)22(27)16-30-25-14-17-6-2-1-3-7-17/h1-14H,15-16H2,(H,28,29)/b25-14-. The molecule has 0 atom stereocenters. The summed E-state index contributed by atoms with van der Waals surface area (Å²) in [6, 6.07) is 23.2. The van der Waals surface area contributed by atoms with E-state index in [2.05, 4.69) is 21.1 Å². The molecule has 3 rings (SSSR count). The molecule has 0 spiro atoms. The van der Waals surface area contributed by atoms with Crippen LogP contribution in [0.3, 0.4) is 0 Å². The van der Waals surface area contributed by atoms with E-state index in [9.17, 15) is 14.7 Å². The van der Waals surface area contributed by atoms with Crippen LogP contribution in [0, 0.1) is 0 Å². The Hall–Kier alpha value is -3.45. The number of nitrogens with zero attached hydrogens (tertiary/aromatic N) is 2. The number of hydrogen-bond donors (Lipinski definition) is 1. The van der Waals surface area contributed by atoms with Gasteiger partial charge in [0.15, 0.2) is 6.61 Å². The zero-order valence-corrected chi connectivity index (χ0v) is 17.5. The first kappa shape index (κ1) is 21.3. The van der Waals surface area contributed by atoms with Gasteiger partial charge < -0.3 is 14.8 Å². The van der Waals surface area contributed by atoms with Crippen molar-refractivity contribution in [3.63, 3.8) is 0 Å². The van der Waals surface area contributed by atoms with Gasteiger partial charge in [-0.25, -0.2) is 4.79 Å². The van der Waals surface area contributed by atoms with Crippen molar-refractivity contribution >= 4 is 39.7 Å². The molecule has 7 heteroatoms. The minimum atomic E-state index is -1.11. The molecule has 0 unspecified atom stereocenters. The Morgan fingerprint density at radius 2 is 1.63 bits per heavy atom. The molecule has 0 heterocycles. The molecular formula is C23H19BrN2O4. The molecule has 3 aromatic carbocycles. The van der Waals surface area contributed by atoms with Gasteiger partial charge in [0.05, 0.1) is 24.0 Å². The Morgan fingerprint density at radius 1 is 0.967 bits per heavy atom. The van der Waals surface area contributed by atoms with Gasteiger partial charge in [0.2, 0.25) is 0 Å². The molecule has 0 aromatic heterocycles. The molecule has 0 saturated heterocycles. The van der Waals surface area contributed by atoms with E-state index in [1.54, 1.807) is 18.2 Å². The lowest BCUT2D eigenvalue weighted by atomic mass is 10.1. The molecule has 3 aromatic rings. The summed E-state index contributed by atoms with van der Waals surface area (Å²) in [5.41, 5.74) is 2.02. The Kier molecular flexibility index (Phi) is 7.34. The average molecular weight is 467 g/mol. The van der Waals surface area contributed by atoms with Crippen LogP contribution >= 0.6 is 15.9 Å². The van der Waals surface area contributed by atoms with Crippen LogP contribution in [0.5, 0.6) is 0 Å². The maximum atomic E-state index is 12.9. The lowest BCUT2D eigenvalue weighted by Gasteiger charge is -2.24. The number of halogens is 1. The van der Waals surface area contributed by atoms with Crippen LogP contribution in [0.2, 0.25) is 0 Å². The first-order valence-electron chi connectivity index (χ1n) is 9.12. The maximum absolute atomic E-state index is 12.9. The lowest BCUT2D eigenvalue weighted by Crippen LogP contribution is -2.34. The first-order chi connectivity index (χ1) is 14.5. The first-order valence-corrected chi connectivity index (χ1v) is 9.91. The second kappa shape index (κ2) is 10.4. The average Bonchev–Trinajstić information content (AvgIpc) is 2.77. The molecule has 0 aliphatic carbocycles. The highest BCUT2D eigenvalue weighted by atomic mass is 79.9. The highest BCUT2D eigenvalue weighted by Gasteiger charge is 2.22. The Bertz CT molecular complexity index is 1040. The van der Waals surface area contributed by atoms with Crippen molar-refractivity contribution in [3.05, 3.63) is 100 Å². The van der Waals surface area contributed by atoms with Crippen LogP contribution in [-0.4, -0.2) is 29.8 Å². The van der Waals surface area contributed by atoms with E-state index in [4.69, 9.17) is 4.84 Å². The molecule has 0 aliphatic heterocycles. The Morgan fingerprint density at radius 3 is 2.33 bits per heavy atom. The van der Waals surface area contributed by atoms with Crippen LogP contribution in [0.15, 0.2) is 88.5 Å². The number of carboxylic acid groups (broad SMARTS) is 1. The van der Waals surface area contributed by atoms with Crippen molar-refractivity contribution in [3.8, 4) is 0 Å². The fourth-order valence-corrected chi connectivity index (χ4v) is 3.04. The Labute approximate surface area is 182 Å². The van der Waals surface area contributed by atoms with Crippen LogP contribution in [-0.2, 0) is 16.2 Å². The molecule has 0 radical (unpaired) electrons. The summed E-state index contributed by atoms with van der Waals surface area (Å²) < 4.78 is 0.911. The van der Waals surface area contributed by atoms with E-state index in [-0.39, 0.29) is 18.7 Å². The predicted octanol–water partition coefficient (Wildman–Crippen LogP) is 4.73. The molecule has 6 nitrogen and oxygen atoms in total. The normalized spacial score (nSPS) is 10.7. The number of para-hydroxylation sites is 1. The largest absolute Gasteiger partial charge is 0.478 e. The summed E-state index contributed by atoms with van der Waals surface area (Å²) in [6.45, 7) is -0.129. The van der Waals surface area contributed by atoms with E-state index < -0.39 is 11.9 Å². The van der Waals surface area contributed by atoms with Crippen molar-refractivity contribution in [1.82, 2.24) is 0 Å². The zero-order valence-electron chi connectivity index (χ0n) is 15.9. The number of oxime groups is 1. The van der Waals surface area contributed by atoms with E-state index in [1.165, 1.54) is 17.2 Å². The lowest BCUT2D eigenvalue weighted by molar-refractivity contribution is -0.123. The highest BCUT2D eigenvalue weighted by molar-refractivity contribution is 9.10. The number of hydrogen-bond acceptors (Lipinski definition) is 4. The van der Waals surface area contributed by atoms with Crippen molar-refractivity contribution in [1.29, 1.82) is 0 Å². The molecule has 1 N–H and O–H groups in total. The van der Waals surface area contributed by atoms with E-state index in [0.29, 0.717) is 5.69 Å². The molecule has 152 valence electrons. The monoisotopic (exact) mass is 466 g/mol. The number of amides is 1. The molecule has 0 bridgehead atoms. The van der Waals surface area contributed by atoms with Gasteiger partial charge in [-0.05, 0) is 35.4 Å². The number of anilines is 1. The highest BCUT2D eigenvalue weighted by Crippen LogP contribution is 2.23. The molecule has 0 saturated carbocycles. The fraction of sp³-hybridized carbons (Fsp3) is 0.0870. The van der Waals surface area contributed by atoms with E-state index in [1.807, 2.05) is 54.6 Å². The van der Waals surface area contributed by atoms with Gasteiger partial charge >= 0.3 is 5.97 Å². The third kappa shape index (κ3) is 5.78. The maximum Gasteiger partial charge on any atom is 0.337 e. The van der Waals surface area contributed by atoms with Crippen LogP contribution in [0.25, 0.3) is 0 Å². The summed E-state index contributed by atoms with van der Waals surface area (Å²) in [5.74, 6) is -1.51. The number of rotatable bonds is 8. The minimum Gasteiger partial charge on any atom is -0.478 e. The topological polar surface area (TPSA) is 79.2 Å². The van der Waals surface area contributed by atoms with Gasteiger partial charge in [0.1, 0.15) is 0 Å². The number of carboxylic acids is 1. The van der Waals surface area contributed by atoms with Crippen LogP contribution in [0.1, 0.15) is 21.5 Å². The SMILES string of the molecule is O=C(O)c1ccccc1N(Cc1ccc(Br)cc1)C(=O)CO/N=C\c1ccccc1. The zero-order chi connectivity index (χ0) is 21.3. The van der Waals surface area contributed by atoms with Gasteiger partial charge in [-0.2, -0.15) is 0 Å². The van der Waals surface area contributed by atoms with Crippen molar-refractivity contribution in [2.24, 2.45) is 5.16 Å². The van der Waals surface area contributed by atoms with Gasteiger partial charge in [0.25, 0.3) is 5.91 Å². The van der Waals surface area contributed by atoms with Gasteiger partial charge in [0, 0.05) is 4.47 Å². The summed E-state index contributed by atoms with van der Waals surface area (Å²) in [6.07, 6.45) is 1.51. The second-order valence-electron chi connectivity index (χ2n) is 6.35. The Balaban J connectivity index is 1.80. The van der Waals surface area contributed by atoms with Crippen molar-refractivity contribution in [2.45, 2.75) is 6.54 Å². The minimum absolute atomic E-state index is 0.0377. The number of carbonyl (C=O) groups excluding carboxylic acids is 1. The predicted molar refractivity (Wildman–Crippen MR) is 119 cm³/mol. The van der Waals surface area contributed by atoms with Gasteiger partial charge in [-0.3, -0.25) is 4.79 Å². The number of carbonyl (C=O) groups is 2. The number of benzene rings is 3. The molecule has 1 amide bonds. The second-order valence-corrected chi connectivity index (χ2v) is 7.26. The summed E-state index contributed by atoms with van der Waals surface area (Å²) in [4.78, 5) is 31.2. The molecule has 0 fully saturated rings. The van der Waals surface area contributed by atoms with E-state index in [0.717, 1.165) is 15.6 Å². The number of aromatic carboxylic acids is 1. The van der Waals surface area contributed by atoms with Crippen molar-refractivity contribution < 1.29 is 19.5 Å². The molecule has 30 heavy (non-hydrogen) atoms. The third-order valence-electron chi connectivity index (χ3n) is 4.24. The van der Waals surface area contributed by atoms with Gasteiger partial charge in [-0.15, -0.1) is 0 Å².